The second-order valence-corrected chi connectivity index (χ2v) is 26.4. The molecule has 0 saturated carbocycles. The van der Waals surface area contributed by atoms with Crippen molar-refractivity contribution in [3.63, 3.8) is 0 Å². The van der Waals surface area contributed by atoms with Crippen molar-refractivity contribution in [3.05, 3.63) is 84.1 Å². The minimum Gasteiger partial charge on any atom is -0.691 e. The number of benzene rings is 3. The maximum absolute atomic E-state index is 14.7. The van der Waals surface area contributed by atoms with Crippen LogP contribution in [0.2, 0.25) is 0 Å². The number of hydrogen-bond acceptors (Lipinski definition) is 26. The van der Waals surface area contributed by atoms with Gasteiger partial charge in [-0.05, 0) is 101 Å². The average Bonchev–Trinajstić information content (AvgIpc) is 1.69. The number of aliphatic hydroxyl groups is 6. The minimum atomic E-state index is -2.23. The number of hydrogen-bond donors (Lipinski definition) is 13. The van der Waals surface area contributed by atoms with Crippen LogP contribution in [0.4, 0.5) is 0 Å². The largest absolute Gasteiger partial charge is 1.00 e. The van der Waals surface area contributed by atoms with Gasteiger partial charge in [0, 0.05) is 74.6 Å². The molecule has 36 heteroatoms. The van der Waals surface area contributed by atoms with Crippen molar-refractivity contribution in [2.75, 3.05) is 45.9 Å². The number of fused-ring (bicyclic) bond motifs is 3. The molecule has 9 rings (SSSR count). The van der Waals surface area contributed by atoms with Gasteiger partial charge in [-0.15, -0.1) is 4.33 Å². The van der Waals surface area contributed by atoms with Gasteiger partial charge in [0.05, 0.1) is 73.8 Å². The number of amides is 8. The number of carbonyl (C=O) groups is 8. The summed E-state index contributed by atoms with van der Waals surface area (Å²) in [5.74, 6) is -10.4. The smallest absolute Gasteiger partial charge is 0.691 e. The van der Waals surface area contributed by atoms with Crippen molar-refractivity contribution in [2.24, 2.45) is 11.7 Å². The number of rotatable bonds is 22. The van der Waals surface area contributed by atoms with Gasteiger partial charge in [-0.2, -0.15) is 5.10 Å². The Morgan fingerprint density at radius 2 is 1.47 bits per heavy atom. The van der Waals surface area contributed by atoms with Crippen LogP contribution in [0.25, 0.3) is 26.8 Å². The Bertz CT molecular complexity index is 3590. The van der Waals surface area contributed by atoms with Gasteiger partial charge >= 0.3 is 29.6 Å². The zero-order chi connectivity index (χ0) is 70.6. The standard InChI is InChI=1S/C63H82N12O21S2.Na/c1-31-26-74-53(54(31)83)59(88)65-25-39(77)22-42(66-55(84)37-11-9-36(10-12-37)43-30-75-63(67-43)97-60(71-75)38-13-15-41(16-14-38)92-19-7-5-6-18-72-27-32(2)93-33(3)28-72)56(85)68-50(34(4)76)61(89)73-29-40(78)23-44(73)57(86)69-51(58(87)70-52(62(74)90)47(81)24-49(64)82)46(80)20-35-8-17-45(79)48(21-35)94-98-96-95-91;/h8-17,21,30-34,39-40,42,44,46-47,50-54,76-81,83,91H,5-7,18-20,22-29H2,1-4H3,(H2,64,82)(H,65,88)(H,66,84)(H,68,85)(H,69,86)(H,70,87);/q;+1/p-1/t31?,32-,33+,34?,39?,40?,42?,44?,46?,47?,50?,51?,52?,53?,54?;. The molecule has 2 aromatic heterocycles. The van der Waals surface area contributed by atoms with E-state index in [0.29, 0.717) is 27.8 Å². The fourth-order valence-corrected chi connectivity index (χ4v) is 13.5. The van der Waals surface area contributed by atoms with Crippen LogP contribution in [0.5, 0.6) is 17.2 Å². The number of nitrogens with zero attached hydrogens (tertiary/aromatic N) is 6. The molecule has 4 saturated heterocycles. The third-order valence-corrected chi connectivity index (χ3v) is 18.6. The number of β-amino-alcohol motifs (C(OH)–C–C–N with tert-alkyl or cyclic N) is 1. The Balaban J connectivity index is 0.0000125. The predicted octanol–water partition coefficient (Wildman–Crippen LogP) is -5.52. The number of aromatic nitrogens is 3. The van der Waals surface area contributed by atoms with Crippen molar-refractivity contribution in [1.82, 2.24) is 55.9 Å². The van der Waals surface area contributed by atoms with E-state index in [2.05, 4.69) is 54.7 Å². The molecule has 4 fully saturated rings. The molecule has 0 bridgehead atoms. The molecule has 8 amide bonds. The van der Waals surface area contributed by atoms with E-state index in [4.69, 9.17) is 29.5 Å². The second kappa shape index (κ2) is 35.4. The van der Waals surface area contributed by atoms with Gasteiger partial charge in [0.25, 0.3) is 18.2 Å². The first-order valence-corrected chi connectivity index (χ1v) is 33.4. The fourth-order valence-electron chi connectivity index (χ4n) is 12.4. The molecule has 15 atom stereocenters. The van der Waals surface area contributed by atoms with Crippen LogP contribution in [-0.4, -0.2) is 243 Å². The first-order valence-electron chi connectivity index (χ1n) is 31.9. The molecule has 532 valence electrons. The zero-order valence-electron chi connectivity index (χ0n) is 54.9. The van der Waals surface area contributed by atoms with Gasteiger partial charge in [-0.1, -0.05) is 36.5 Å². The number of phenols is 1. The number of morpholine rings is 1. The summed E-state index contributed by atoms with van der Waals surface area (Å²) in [5, 5.41) is 110. The van der Waals surface area contributed by atoms with Crippen LogP contribution >= 0.6 is 23.7 Å². The number of phenolic OH excluding ortho intramolecular Hbond substituents is 1. The van der Waals surface area contributed by atoms with Gasteiger partial charge in [0.1, 0.15) is 47.0 Å². The number of unbranched alkanes of at least 4 members (excludes halogenated alkanes) is 2. The van der Waals surface area contributed by atoms with Crippen molar-refractivity contribution < 1.29 is 132 Å². The fraction of sp³-hybridized carbons (Fsp3) is 0.524. The average molecular weight is 1430 g/mol. The molecule has 0 aliphatic carbocycles. The molecule has 13 unspecified atom stereocenters. The summed E-state index contributed by atoms with van der Waals surface area (Å²) >= 11 is 1.35. The van der Waals surface area contributed by atoms with E-state index < -0.39 is 177 Å². The van der Waals surface area contributed by atoms with E-state index in [9.17, 15) is 79.4 Å². The molecule has 0 spiro atoms. The van der Waals surface area contributed by atoms with Gasteiger partial charge in [-0.3, -0.25) is 48.3 Å². The van der Waals surface area contributed by atoms with E-state index >= 15 is 0 Å². The molecule has 5 aromatic rings. The number of primary amides is 1. The summed E-state index contributed by atoms with van der Waals surface area (Å²) in [6.45, 7) is 8.59. The molecule has 4 aliphatic rings. The van der Waals surface area contributed by atoms with E-state index in [-0.39, 0.29) is 71.0 Å². The van der Waals surface area contributed by atoms with Crippen LogP contribution in [-0.2, 0) is 54.1 Å². The van der Waals surface area contributed by atoms with Crippen molar-refractivity contribution in [2.45, 2.75) is 158 Å². The second-order valence-electron chi connectivity index (χ2n) is 25.0. The molecular formula is C63H81N12NaO21S2. The van der Waals surface area contributed by atoms with Crippen molar-refractivity contribution in [3.8, 4) is 39.1 Å². The first kappa shape index (κ1) is 77.6. The molecule has 14 N–H and O–H groups in total. The third-order valence-electron chi connectivity index (χ3n) is 17.3. The number of carbonyl (C=O) groups excluding carboxylic acids is 8. The summed E-state index contributed by atoms with van der Waals surface area (Å²) in [6.07, 6.45) is -8.44. The van der Waals surface area contributed by atoms with Crippen LogP contribution < -0.4 is 76.1 Å². The molecule has 99 heavy (non-hydrogen) atoms. The summed E-state index contributed by atoms with van der Waals surface area (Å²) in [6, 6.07) is 5.46. The van der Waals surface area contributed by atoms with E-state index in [0.717, 1.165) is 79.1 Å². The molecule has 6 heterocycles. The predicted molar refractivity (Wildman–Crippen MR) is 345 cm³/mol. The number of aromatic hydroxyl groups is 1. The van der Waals surface area contributed by atoms with Gasteiger partial charge in [-0.25, -0.2) is 9.50 Å². The quantitative estimate of drug-likeness (QED) is 0.0101. The summed E-state index contributed by atoms with van der Waals surface area (Å²) in [4.78, 5) is 123. The maximum Gasteiger partial charge on any atom is 1.00 e. The Morgan fingerprint density at radius 1 is 0.798 bits per heavy atom. The first-order chi connectivity index (χ1) is 46.7. The van der Waals surface area contributed by atoms with Crippen LogP contribution in [0.15, 0.2) is 72.9 Å². The molecule has 33 nitrogen and oxygen atoms in total. The number of ether oxygens (including phenoxy) is 2. The van der Waals surface area contributed by atoms with Crippen LogP contribution in [0.3, 0.4) is 0 Å². The minimum absolute atomic E-state index is 0. The van der Waals surface area contributed by atoms with Crippen molar-refractivity contribution >= 4 is 75.9 Å². The Hall–Kier alpha value is -7.17. The van der Waals surface area contributed by atoms with E-state index in [1.165, 1.54) is 36.5 Å². The summed E-state index contributed by atoms with van der Waals surface area (Å²) in [7, 11) is 0. The molecule has 3 aromatic carbocycles. The normalized spacial score (nSPS) is 26.3. The number of nitrogens with one attached hydrogen (secondary N) is 5. The van der Waals surface area contributed by atoms with Crippen LogP contribution in [0, 0.1) is 5.92 Å². The van der Waals surface area contributed by atoms with E-state index in [1.807, 2.05) is 24.3 Å². The number of aliphatic hydroxyl groups excluding tert-OH is 6. The maximum atomic E-state index is 14.7. The SMILES string of the molecule is CC(O)C1NC(=O)C(NC(=O)c2ccc(-c3cn4nc(-c5ccc(OCCCCCN6C[C@@H](C)O[C@@H](C)C6)cc5)sc4n3)cc2)CC(O)CNC(=O)C2C(O)C(C)CN2C(=O)C(C(O)CC(N)=O)NC(=O)C(C(O)Cc2ccc(O)c(OSOO[O-])c2)NC(=O)C2CC(O)CN2C1=O.[Na+]. The van der Waals surface area contributed by atoms with Crippen LogP contribution in [0.1, 0.15) is 82.1 Å². The third kappa shape index (κ3) is 20.1. The van der Waals surface area contributed by atoms with Gasteiger partial charge in [0.15, 0.2) is 11.5 Å². The van der Waals surface area contributed by atoms with Gasteiger partial charge in [0.2, 0.25) is 46.3 Å². The number of nitrogens with two attached hydrogens (primary N) is 1. The topological polar surface area (TPSA) is 473 Å². The summed E-state index contributed by atoms with van der Waals surface area (Å²) < 4.78 is 22.7. The van der Waals surface area contributed by atoms with Gasteiger partial charge < -0.3 is 96.8 Å². The summed E-state index contributed by atoms with van der Waals surface area (Å²) in [5.41, 5.74) is 7.44. The Labute approximate surface area is 598 Å². The molecular weight excluding hydrogens is 1350 g/mol. The molecule has 0 radical (unpaired) electrons. The number of imidazole rings is 1. The van der Waals surface area contributed by atoms with Crippen molar-refractivity contribution in [1.29, 1.82) is 0 Å². The zero-order valence-corrected chi connectivity index (χ0v) is 58.5. The van der Waals surface area contributed by atoms with E-state index in [1.54, 1.807) is 22.8 Å². The monoisotopic (exact) mass is 1430 g/mol. The molecule has 4 aliphatic heterocycles. The Kier molecular flexibility index (Phi) is 27.8. The Morgan fingerprint density at radius 3 is 2.15 bits per heavy atom.